The van der Waals surface area contributed by atoms with Gasteiger partial charge in [0.2, 0.25) is 0 Å². The molecule has 0 saturated heterocycles. The largest absolute Gasteiger partial charge is 0.332 e. The first-order valence-corrected chi connectivity index (χ1v) is 8.52. The molecule has 0 N–H and O–H groups in total. The van der Waals surface area contributed by atoms with Crippen molar-refractivity contribution in [2.45, 2.75) is 18.2 Å². The number of likely N-dealkylation sites (N-methyl/N-ethyl adjacent to an activating group) is 1. The normalized spacial score (nSPS) is 15.5. The zero-order valence-electron chi connectivity index (χ0n) is 12.8. The topological polar surface area (TPSA) is 73.5 Å². The average Bonchev–Trinajstić information content (AvgIpc) is 2.82. The van der Waals surface area contributed by atoms with Gasteiger partial charge in [0, 0.05) is 19.2 Å². The van der Waals surface area contributed by atoms with E-state index in [1.807, 2.05) is 13.0 Å². The van der Waals surface area contributed by atoms with Crippen molar-refractivity contribution in [2.75, 3.05) is 11.9 Å². The summed E-state index contributed by atoms with van der Waals surface area (Å²) < 4.78 is 28.9. The van der Waals surface area contributed by atoms with Gasteiger partial charge in [-0.25, -0.2) is 0 Å². The lowest BCUT2D eigenvalue weighted by Crippen LogP contribution is -2.23. The standard InChI is InChI=1S/C17H15N3O2S/c1-12-3-6-15(7-4-12)23(21,22)19-17-10-14-9-13(11-18)5-8-16(14)20(17)2/h3-9H,10H2,1-2H3/b19-17+. The zero-order valence-corrected chi connectivity index (χ0v) is 13.6. The monoisotopic (exact) mass is 325 g/mol. The third-order valence-electron chi connectivity index (χ3n) is 3.85. The first-order valence-electron chi connectivity index (χ1n) is 7.08. The lowest BCUT2D eigenvalue weighted by molar-refractivity contribution is 0.598. The summed E-state index contributed by atoms with van der Waals surface area (Å²) in [6.07, 6.45) is 0.395. The van der Waals surface area contributed by atoms with Crippen LogP contribution in [0.5, 0.6) is 0 Å². The number of fused-ring (bicyclic) bond motifs is 1. The molecule has 0 spiro atoms. The highest BCUT2D eigenvalue weighted by molar-refractivity contribution is 7.90. The van der Waals surface area contributed by atoms with Gasteiger partial charge in [-0.1, -0.05) is 17.7 Å². The quantitative estimate of drug-likeness (QED) is 0.851. The molecule has 0 saturated carbocycles. The summed E-state index contributed by atoms with van der Waals surface area (Å²) in [7, 11) is -1.97. The molecule has 1 aliphatic heterocycles. The summed E-state index contributed by atoms with van der Waals surface area (Å²) in [4.78, 5) is 1.93. The molecule has 0 amide bonds. The number of sulfonamides is 1. The first kappa shape index (κ1) is 15.3. The lowest BCUT2D eigenvalue weighted by Gasteiger charge is -2.13. The van der Waals surface area contributed by atoms with Crippen LogP contribution in [0, 0.1) is 18.3 Å². The van der Waals surface area contributed by atoms with Crippen LogP contribution in [0.4, 0.5) is 5.69 Å². The van der Waals surface area contributed by atoms with Gasteiger partial charge in [0.1, 0.15) is 5.84 Å². The van der Waals surface area contributed by atoms with Crippen molar-refractivity contribution in [3.63, 3.8) is 0 Å². The first-order chi connectivity index (χ1) is 10.9. The molecular weight excluding hydrogens is 310 g/mol. The Morgan fingerprint density at radius 1 is 1.17 bits per heavy atom. The zero-order chi connectivity index (χ0) is 16.6. The van der Waals surface area contributed by atoms with E-state index in [4.69, 9.17) is 5.26 Å². The number of amidine groups is 1. The van der Waals surface area contributed by atoms with E-state index >= 15 is 0 Å². The van der Waals surface area contributed by atoms with E-state index in [9.17, 15) is 8.42 Å². The third-order valence-corrected chi connectivity index (χ3v) is 5.17. The van der Waals surface area contributed by atoms with Crippen LogP contribution in [0.2, 0.25) is 0 Å². The SMILES string of the molecule is Cc1ccc(S(=O)(=O)/N=C2\Cc3cc(C#N)ccc3N2C)cc1. The molecule has 5 nitrogen and oxygen atoms in total. The van der Waals surface area contributed by atoms with Gasteiger partial charge in [-0.3, -0.25) is 0 Å². The highest BCUT2D eigenvalue weighted by Gasteiger charge is 2.25. The molecule has 2 aromatic carbocycles. The summed E-state index contributed by atoms with van der Waals surface area (Å²) in [5, 5.41) is 8.97. The van der Waals surface area contributed by atoms with Crippen LogP contribution in [-0.4, -0.2) is 21.3 Å². The minimum absolute atomic E-state index is 0.178. The van der Waals surface area contributed by atoms with E-state index in [1.165, 1.54) is 0 Å². The third kappa shape index (κ3) is 2.83. The summed E-state index contributed by atoms with van der Waals surface area (Å²) in [6.45, 7) is 1.90. The average molecular weight is 325 g/mol. The van der Waals surface area contributed by atoms with Crippen LogP contribution in [-0.2, 0) is 16.4 Å². The second kappa shape index (κ2) is 5.52. The fourth-order valence-electron chi connectivity index (χ4n) is 2.55. The molecule has 0 unspecified atom stereocenters. The number of anilines is 1. The Bertz CT molecular complexity index is 939. The minimum atomic E-state index is -3.75. The molecule has 0 radical (unpaired) electrons. The maximum Gasteiger partial charge on any atom is 0.283 e. The molecule has 2 aromatic rings. The molecule has 1 heterocycles. The molecule has 3 rings (SSSR count). The van der Waals surface area contributed by atoms with Gasteiger partial charge < -0.3 is 4.90 Å². The van der Waals surface area contributed by atoms with Crippen molar-refractivity contribution in [1.29, 1.82) is 5.26 Å². The Balaban J connectivity index is 1.98. The summed E-state index contributed by atoms with van der Waals surface area (Å²) >= 11 is 0. The minimum Gasteiger partial charge on any atom is -0.332 e. The van der Waals surface area contributed by atoms with Gasteiger partial charge in [-0.15, -0.1) is 4.40 Å². The Morgan fingerprint density at radius 3 is 2.52 bits per heavy atom. The van der Waals surface area contributed by atoms with Crippen molar-refractivity contribution in [3.8, 4) is 6.07 Å². The number of rotatable bonds is 2. The number of nitrogens with zero attached hydrogens (tertiary/aromatic N) is 3. The van der Waals surface area contributed by atoms with Crippen LogP contribution in [0.1, 0.15) is 16.7 Å². The highest BCUT2D eigenvalue weighted by atomic mass is 32.2. The number of nitriles is 1. The maximum atomic E-state index is 12.5. The number of hydrogen-bond acceptors (Lipinski definition) is 3. The Hall–Kier alpha value is -2.65. The smallest absolute Gasteiger partial charge is 0.283 e. The fraction of sp³-hybridized carbons (Fsp3) is 0.176. The van der Waals surface area contributed by atoms with Crippen molar-refractivity contribution in [1.82, 2.24) is 0 Å². The number of hydrogen-bond donors (Lipinski definition) is 0. The maximum absolute atomic E-state index is 12.5. The summed E-state index contributed by atoms with van der Waals surface area (Å²) in [6, 6.07) is 14.0. The van der Waals surface area contributed by atoms with Gasteiger partial charge in [0.25, 0.3) is 10.0 Å². The molecule has 0 bridgehead atoms. The van der Waals surface area contributed by atoms with Crippen molar-refractivity contribution in [3.05, 3.63) is 59.2 Å². The van der Waals surface area contributed by atoms with Crippen molar-refractivity contribution < 1.29 is 8.42 Å². The van der Waals surface area contributed by atoms with Gasteiger partial charge in [0.15, 0.2) is 0 Å². The van der Waals surface area contributed by atoms with E-state index in [0.29, 0.717) is 17.8 Å². The molecule has 0 aliphatic carbocycles. The van der Waals surface area contributed by atoms with Crippen LogP contribution in [0.15, 0.2) is 51.8 Å². The molecule has 0 aromatic heterocycles. The Morgan fingerprint density at radius 2 is 1.87 bits per heavy atom. The molecule has 0 atom stereocenters. The fourth-order valence-corrected chi connectivity index (χ4v) is 3.60. The van der Waals surface area contributed by atoms with Crippen LogP contribution in [0.3, 0.4) is 0 Å². The lowest BCUT2D eigenvalue weighted by atomic mass is 10.1. The summed E-state index contributed by atoms with van der Waals surface area (Å²) in [5.41, 5.74) is 3.33. The highest BCUT2D eigenvalue weighted by Crippen LogP contribution is 2.30. The number of aryl methyl sites for hydroxylation is 1. The van der Waals surface area contributed by atoms with Gasteiger partial charge in [-0.2, -0.15) is 13.7 Å². The molecule has 23 heavy (non-hydrogen) atoms. The van der Waals surface area contributed by atoms with E-state index < -0.39 is 10.0 Å². The number of benzene rings is 2. The Kier molecular flexibility index (Phi) is 3.66. The second-order valence-corrected chi connectivity index (χ2v) is 7.09. The van der Waals surface area contributed by atoms with E-state index in [1.54, 1.807) is 48.3 Å². The Labute approximate surface area is 135 Å². The van der Waals surface area contributed by atoms with Crippen LogP contribution >= 0.6 is 0 Å². The molecule has 116 valence electrons. The van der Waals surface area contributed by atoms with E-state index in [2.05, 4.69) is 10.5 Å². The van der Waals surface area contributed by atoms with Crippen LogP contribution in [0.25, 0.3) is 0 Å². The molecule has 1 aliphatic rings. The summed E-state index contributed by atoms with van der Waals surface area (Å²) in [5.74, 6) is 0.454. The second-order valence-electron chi connectivity index (χ2n) is 5.49. The predicted octanol–water partition coefficient (Wildman–Crippen LogP) is 2.65. The van der Waals surface area contributed by atoms with Crippen LogP contribution < -0.4 is 4.90 Å². The van der Waals surface area contributed by atoms with Crippen molar-refractivity contribution in [2.24, 2.45) is 4.40 Å². The van der Waals surface area contributed by atoms with Crippen molar-refractivity contribution >= 4 is 21.5 Å². The van der Waals surface area contributed by atoms with E-state index in [0.717, 1.165) is 16.8 Å². The molecule has 6 heteroatoms. The molecular formula is C17H15N3O2S. The van der Waals surface area contributed by atoms with Gasteiger partial charge in [-0.05, 0) is 42.8 Å². The molecule has 0 fully saturated rings. The predicted molar refractivity (Wildman–Crippen MR) is 89.1 cm³/mol. The van der Waals surface area contributed by atoms with Gasteiger partial charge in [0.05, 0.1) is 16.5 Å². The van der Waals surface area contributed by atoms with E-state index in [-0.39, 0.29) is 4.90 Å². The van der Waals surface area contributed by atoms with Gasteiger partial charge >= 0.3 is 0 Å².